The average Bonchev–Trinajstić information content (AvgIpc) is 3.19. The molecule has 0 bridgehead atoms. The van der Waals surface area contributed by atoms with Crippen LogP contribution >= 0.6 is 0 Å². The Balaban J connectivity index is 1.68. The van der Waals surface area contributed by atoms with Crippen molar-refractivity contribution in [2.45, 2.75) is 18.3 Å². The number of rotatable bonds is 6. The van der Waals surface area contributed by atoms with Gasteiger partial charge < -0.3 is 19.2 Å². The van der Waals surface area contributed by atoms with E-state index in [0.29, 0.717) is 19.8 Å². The minimum Gasteiger partial charge on any atom is -0.497 e. The zero-order valence-corrected chi connectivity index (χ0v) is 14.4. The van der Waals surface area contributed by atoms with Crippen LogP contribution < -0.4 is 10.1 Å². The van der Waals surface area contributed by atoms with Crippen LogP contribution in [0.3, 0.4) is 0 Å². The maximum Gasteiger partial charge on any atom is 0.244 e. The first-order valence-electron chi connectivity index (χ1n) is 8.42. The molecule has 1 aliphatic rings. The molecule has 25 heavy (non-hydrogen) atoms. The second-order valence-corrected chi connectivity index (χ2v) is 6.23. The summed E-state index contributed by atoms with van der Waals surface area (Å²) in [6.07, 6.45) is 8.21. The molecule has 2 aromatic rings. The van der Waals surface area contributed by atoms with Crippen LogP contribution in [0.15, 0.2) is 53.4 Å². The van der Waals surface area contributed by atoms with Crippen LogP contribution in [-0.4, -0.2) is 32.8 Å². The van der Waals surface area contributed by atoms with Gasteiger partial charge in [0.15, 0.2) is 0 Å². The molecule has 0 saturated carbocycles. The van der Waals surface area contributed by atoms with Crippen LogP contribution in [0.4, 0.5) is 0 Å². The van der Waals surface area contributed by atoms with Crippen LogP contribution in [0.5, 0.6) is 5.75 Å². The molecule has 0 aliphatic carbocycles. The van der Waals surface area contributed by atoms with Gasteiger partial charge in [-0.2, -0.15) is 0 Å². The number of hydrogen-bond donors (Lipinski definition) is 1. The van der Waals surface area contributed by atoms with Crippen LogP contribution in [0.1, 0.15) is 24.0 Å². The maximum absolute atomic E-state index is 12.2. The molecule has 1 aliphatic heterocycles. The normalized spacial score (nSPS) is 16.7. The summed E-state index contributed by atoms with van der Waals surface area (Å²) >= 11 is 0. The predicted octanol–water partition coefficient (Wildman–Crippen LogP) is 3.17. The van der Waals surface area contributed by atoms with Crippen molar-refractivity contribution in [3.8, 4) is 5.75 Å². The molecule has 1 amide bonds. The molecule has 0 unspecified atom stereocenters. The number of amides is 1. The van der Waals surface area contributed by atoms with Crippen molar-refractivity contribution in [2.24, 2.45) is 0 Å². The molecule has 132 valence electrons. The van der Waals surface area contributed by atoms with Crippen molar-refractivity contribution < 1.29 is 18.7 Å². The number of carbonyl (C=O) groups is 1. The lowest BCUT2D eigenvalue weighted by Crippen LogP contribution is -2.44. The van der Waals surface area contributed by atoms with Gasteiger partial charge in [0.1, 0.15) is 5.75 Å². The first kappa shape index (κ1) is 17.3. The number of methoxy groups -OCH3 is 1. The van der Waals surface area contributed by atoms with E-state index in [9.17, 15) is 4.79 Å². The smallest absolute Gasteiger partial charge is 0.244 e. The summed E-state index contributed by atoms with van der Waals surface area (Å²) in [7, 11) is 1.66. The Labute approximate surface area is 147 Å². The highest BCUT2D eigenvalue weighted by Gasteiger charge is 2.34. The van der Waals surface area contributed by atoms with Crippen LogP contribution in [0, 0.1) is 0 Å². The minimum atomic E-state index is -0.111. The fourth-order valence-electron chi connectivity index (χ4n) is 3.13. The third-order valence-electron chi connectivity index (χ3n) is 4.72. The predicted molar refractivity (Wildman–Crippen MR) is 95.5 cm³/mol. The Morgan fingerprint density at radius 2 is 2.00 bits per heavy atom. The molecule has 0 atom stereocenters. The number of nitrogens with one attached hydrogen (secondary N) is 1. The SMILES string of the molecule is COc1ccc(C2(CNC(=O)C=Cc3ccoc3)CCOCC2)cc1. The van der Waals surface area contributed by atoms with E-state index >= 15 is 0 Å². The highest BCUT2D eigenvalue weighted by atomic mass is 16.5. The van der Waals surface area contributed by atoms with Crippen molar-refractivity contribution in [1.82, 2.24) is 5.32 Å². The van der Waals surface area contributed by atoms with Crippen molar-refractivity contribution in [3.05, 3.63) is 60.1 Å². The topological polar surface area (TPSA) is 60.7 Å². The molecular formula is C20H23NO4. The van der Waals surface area contributed by atoms with Crippen LogP contribution in [0.2, 0.25) is 0 Å². The Bertz CT molecular complexity index is 698. The lowest BCUT2D eigenvalue weighted by molar-refractivity contribution is -0.116. The lowest BCUT2D eigenvalue weighted by Gasteiger charge is -2.38. The fraction of sp³-hybridized carbons (Fsp3) is 0.350. The Morgan fingerprint density at radius 3 is 2.64 bits per heavy atom. The van der Waals surface area contributed by atoms with E-state index in [1.165, 1.54) is 11.6 Å². The van der Waals surface area contributed by atoms with E-state index in [2.05, 4.69) is 17.4 Å². The summed E-state index contributed by atoms with van der Waals surface area (Å²) in [6, 6.07) is 9.90. The fourth-order valence-corrected chi connectivity index (χ4v) is 3.13. The van der Waals surface area contributed by atoms with Gasteiger partial charge in [-0.3, -0.25) is 4.79 Å². The van der Waals surface area contributed by atoms with Gasteiger partial charge in [0, 0.05) is 36.8 Å². The number of ether oxygens (including phenoxy) is 2. The molecule has 1 fully saturated rings. The lowest BCUT2D eigenvalue weighted by atomic mass is 9.74. The van der Waals surface area contributed by atoms with E-state index in [1.807, 2.05) is 12.1 Å². The van der Waals surface area contributed by atoms with Crippen molar-refractivity contribution in [2.75, 3.05) is 26.9 Å². The summed E-state index contributed by atoms with van der Waals surface area (Å²) in [5, 5.41) is 3.04. The third-order valence-corrected chi connectivity index (χ3v) is 4.72. The number of benzene rings is 1. The highest BCUT2D eigenvalue weighted by molar-refractivity contribution is 5.91. The molecule has 2 heterocycles. The Hall–Kier alpha value is -2.53. The van der Waals surface area contributed by atoms with E-state index in [1.54, 1.807) is 31.8 Å². The Morgan fingerprint density at radius 1 is 1.24 bits per heavy atom. The van der Waals surface area contributed by atoms with Gasteiger partial charge in [-0.25, -0.2) is 0 Å². The van der Waals surface area contributed by atoms with Crippen molar-refractivity contribution >= 4 is 12.0 Å². The molecule has 1 aromatic heterocycles. The number of furan rings is 1. The molecular weight excluding hydrogens is 318 g/mol. The van der Waals surface area contributed by atoms with Crippen LogP contribution in [0.25, 0.3) is 6.08 Å². The minimum absolute atomic E-state index is 0.107. The zero-order chi connectivity index (χ0) is 17.5. The van der Waals surface area contributed by atoms with Gasteiger partial charge in [0.2, 0.25) is 5.91 Å². The maximum atomic E-state index is 12.2. The summed E-state index contributed by atoms with van der Waals surface area (Å²) in [6.45, 7) is 1.98. The van der Waals surface area contributed by atoms with E-state index in [-0.39, 0.29) is 11.3 Å². The number of carbonyl (C=O) groups excluding carboxylic acids is 1. The van der Waals surface area contributed by atoms with E-state index in [0.717, 1.165) is 24.2 Å². The van der Waals surface area contributed by atoms with E-state index in [4.69, 9.17) is 13.9 Å². The third kappa shape index (κ3) is 4.31. The first-order chi connectivity index (χ1) is 12.2. The van der Waals surface area contributed by atoms with Crippen LogP contribution in [-0.2, 0) is 14.9 Å². The zero-order valence-electron chi connectivity index (χ0n) is 14.4. The second-order valence-electron chi connectivity index (χ2n) is 6.23. The monoisotopic (exact) mass is 341 g/mol. The van der Waals surface area contributed by atoms with E-state index < -0.39 is 0 Å². The Kier molecular flexibility index (Phi) is 5.56. The molecule has 0 spiro atoms. The molecule has 1 aromatic carbocycles. The quantitative estimate of drug-likeness (QED) is 0.820. The van der Waals surface area contributed by atoms with Gasteiger partial charge in [-0.1, -0.05) is 12.1 Å². The van der Waals surface area contributed by atoms with Crippen molar-refractivity contribution in [1.29, 1.82) is 0 Å². The molecule has 1 saturated heterocycles. The molecule has 5 heteroatoms. The summed E-state index contributed by atoms with van der Waals surface area (Å²) in [4.78, 5) is 12.2. The van der Waals surface area contributed by atoms with Gasteiger partial charge in [0.05, 0.1) is 19.6 Å². The second kappa shape index (κ2) is 8.03. The molecule has 5 nitrogen and oxygen atoms in total. The number of hydrogen-bond acceptors (Lipinski definition) is 4. The summed E-state index contributed by atoms with van der Waals surface area (Å²) in [5.74, 6) is 0.721. The molecule has 3 rings (SSSR count). The highest BCUT2D eigenvalue weighted by Crippen LogP contribution is 2.35. The molecule has 1 N–H and O–H groups in total. The van der Waals surface area contributed by atoms with Gasteiger partial charge in [-0.05, 0) is 42.7 Å². The van der Waals surface area contributed by atoms with Crippen molar-refractivity contribution in [3.63, 3.8) is 0 Å². The largest absolute Gasteiger partial charge is 0.497 e. The van der Waals surface area contributed by atoms with Gasteiger partial charge >= 0.3 is 0 Å². The first-order valence-corrected chi connectivity index (χ1v) is 8.42. The summed E-state index contributed by atoms with van der Waals surface area (Å²) < 4.78 is 15.8. The summed E-state index contributed by atoms with van der Waals surface area (Å²) in [5.41, 5.74) is 1.96. The van der Waals surface area contributed by atoms with Gasteiger partial charge in [0.25, 0.3) is 0 Å². The van der Waals surface area contributed by atoms with Gasteiger partial charge in [-0.15, -0.1) is 0 Å². The standard InChI is InChI=1S/C20H23NO4/c1-23-18-5-3-17(4-6-18)20(9-12-24-13-10-20)15-21-19(22)7-2-16-8-11-25-14-16/h2-8,11,14H,9-10,12-13,15H2,1H3,(H,21,22). The molecule has 0 radical (unpaired) electrons. The average molecular weight is 341 g/mol.